The molecule has 29 heavy (non-hydrogen) atoms. The van der Waals surface area contributed by atoms with E-state index in [1.807, 2.05) is 48.5 Å². The highest BCUT2D eigenvalue weighted by molar-refractivity contribution is 6.32. The summed E-state index contributed by atoms with van der Waals surface area (Å²) in [6.07, 6.45) is 0. The molecule has 1 heterocycles. The van der Waals surface area contributed by atoms with Crippen LogP contribution in [0.1, 0.15) is 11.6 Å². The molecule has 0 saturated heterocycles. The van der Waals surface area contributed by atoms with Crippen LogP contribution in [0.3, 0.4) is 0 Å². The standard InChI is InChI=1S/C22H19ClN2O4/c1-27-18-9-7-15(11-17(18)23)25-22(26)21(14-5-3-2-4-6-14)24-16-8-10-19-20(12-16)29-13-28-19/h2-12,21,24H,13H2,1H3,(H,25,26)/t21-/m0/s1. The minimum atomic E-state index is -0.627. The highest BCUT2D eigenvalue weighted by Crippen LogP contribution is 2.35. The van der Waals surface area contributed by atoms with Gasteiger partial charge in [-0.3, -0.25) is 4.79 Å². The largest absolute Gasteiger partial charge is 0.495 e. The van der Waals surface area contributed by atoms with Crippen molar-refractivity contribution in [2.75, 3.05) is 24.5 Å². The second kappa shape index (κ2) is 8.32. The van der Waals surface area contributed by atoms with E-state index in [2.05, 4.69) is 10.6 Å². The van der Waals surface area contributed by atoms with Gasteiger partial charge in [-0.25, -0.2) is 0 Å². The molecule has 7 heteroatoms. The minimum absolute atomic E-state index is 0.194. The number of carbonyl (C=O) groups is 1. The predicted molar refractivity (Wildman–Crippen MR) is 112 cm³/mol. The van der Waals surface area contributed by atoms with Gasteiger partial charge in [0.2, 0.25) is 6.79 Å². The van der Waals surface area contributed by atoms with Gasteiger partial charge < -0.3 is 24.8 Å². The van der Waals surface area contributed by atoms with Crippen molar-refractivity contribution in [2.24, 2.45) is 0 Å². The van der Waals surface area contributed by atoms with Crippen molar-refractivity contribution in [3.05, 3.63) is 77.3 Å². The lowest BCUT2D eigenvalue weighted by molar-refractivity contribution is -0.117. The van der Waals surface area contributed by atoms with Gasteiger partial charge in [-0.1, -0.05) is 41.9 Å². The van der Waals surface area contributed by atoms with Gasteiger partial charge in [0.05, 0.1) is 12.1 Å². The normalized spacial score (nSPS) is 12.9. The number of methoxy groups -OCH3 is 1. The summed E-state index contributed by atoms with van der Waals surface area (Å²) in [5, 5.41) is 6.61. The lowest BCUT2D eigenvalue weighted by Crippen LogP contribution is -2.27. The van der Waals surface area contributed by atoms with Crippen LogP contribution >= 0.6 is 11.6 Å². The number of hydrogen-bond acceptors (Lipinski definition) is 5. The molecule has 1 atom stereocenters. The summed E-state index contributed by atoms with van der Waals surface area (Å²) >= 11 is 6.18. The van der Waals surface area contributed by atoms with Crippen molar-refractivity contribution in [3.8, 4) is 17.2 Å². The van der Waals surface area contributed by atoms with Gasteiger partial charge in [-0.15, -0.1) is 0 Å². The van der Waals surface area contributed by atoms with Crippen LogP contribution in [-0.4, -0.2) is 19.8 Å². The van der Waals surface area contributed by atoms with Crippen LogP contribution < -0.4 is 24.8 Å². The lowest BCUT2D eigenvalue weighted by Gasteiger charge is -2.20. The topological polar surface area (TPSA) is 68.8 Å². The van der Waals surface area contributed by atoms with Crippen molar-refractivity contribution in [2.45, 2.75) is 6.04 Å². The van der Waals surface area contributed by atoms with Gasteiger partial charge in [-0.05, 0) is 35.9 Å². The number of rotatable bonds is 6. The number of halogens is 1. The Labute approximate surface area is 173 Å². The molecule has 3 aromatic carbocycles. The van der Waals surface area contributed by atoms with E-state index in [-0.39, 0.29) is 12.7 Å². The maximum atomic E-state index is 13.1. The Kier molecular flexibility index (Phi) is 5.44. The molecule has 0 spiro atoms. The molecule has 1 amide bonds. The Morgan fingerprint density at radius 1 is 1.00 bits per heavy atom. The maximum Gasteiger partial charge on any atom is 0.251 e. The quantitative estimate of drug-likeness (QED) is 0.606. The maximum absolute atomic E-state index is 13.1. The molecular formula is C22H19ClN2O4. The molecule has 0 bridgehead atoms. The molecule has 4 rings (SSSR count). The third-order valence-electron chi connectivity index (χ3n) is 4.50. The summed E-state index contributed by atoms with van der Waals surface area (Å²) in [6, 6.07) is 19.4. The van der Waals surface area contributed by atoms with E-state index in [0.717, 1.165) is 11.3 Å². The fourth-order valence-electron chi connectivity index (χ4n) is 3.06. The Hall–Kier alpha value is -3.38. The van der Waals surface area contributed by atoms with Gasteiger partial charge in [0.15, 0.2) is 11.5 Å². The highest BCUT2D eigenvalue weighted by Gasteiger charge is 2.22. The molecule has 3 aromatic rings. The molecule has 2 N–H and O–H groups in total. The van der Waals surface area contributed by atoms with Crippen molar-refractivity contribution < 1.29 is 19.0 Å². The van der Waals surface area contributed by atoms with Crippen LogP contribution in [0, 0.1) is 0 Å². The highest BCUT2D eigenvalue weighted by atomic mass is 35.5. The number of hydrogen-bond donors (Lipinski definition) is 2. The summed E-state index contributed by atoms with van der Waals surface area (Å²) in [4.78, 5) is 13.1. The fraction of sp³-hybridized carbons (Fsp3) is 0.136. The lowest BCUT2D eigenvalue weighted by atomic mass is 10.1. The summed E-state index contributed by atoms with van der Waals surface area (Å²) in [5.41, 5.74) is 2.14. The Morgan fingerprint density at radius 3 is 2.52 bits per heavy atom. The molecule has 0 aliphatic carbocycles. The van der Waals surface area contributed by atoms with Gasteiger partial charge in [0.1, 0.15) is 11.8 Å². The van der Waals surface area contributed by atoms with E-state index in [0.29, 0.717) is 28.0 Å². The average Bonchev–Trinajstić information content (AvgIpc) is 3.20. The zero-order valence-corrected chi connectivity index (χ0v) is 16.4. The smallest absolute Gasteiger partial charge is 0.251 e. The van der Waals surface area contributed by atoms with E-state index in [1.54, 1.807) is 25.3 Å². The molecule has 6 nitrogen and oxygen atoms in total. The summed E-state index contributed by atoms with van der Waals surface area (Å²) in [5.74, 6) is 1.64. The third kappa shape index (κ3) is 4.22. The number of fused-ring (bicyclic) bond motifs is 1. The predicted octanol–water partition coefficient (Wildman–Crippen LogP) is 4.87. The van der Waals surface area contributed by atoms with Crippen molar-refractivity contribution >= 4 is 28.9 Å². The first-order valence-corrected chi connectivity index (χ1v) is 9.37. The molecule has 0 aromatic heterocycles. The van der Waals surface area contributed by atoms with Gasteiger partial charge in [-0.2, -0.15) is 0 Å². The number of anilines is 2. The molecule has 0 radical (unpaired) electrons. The van der Waals surface area contributed by atoms with Crippen LogP contribution in [-0.2, 0) is 4.79 Å². The van der Waals surface area contributed by atoms with Gasteiger partial charge in [0, 0.05) is 17.4 Å². The molecule has 0 unspecified atom stereocenters. The second-order valence-electron chi connectivity index (χ2n) is 6.39. The average molecular weight is 411 g/mol. The van der Waals surface area contributed by atoms with Crippen molar-refractivity contribution in [1.82, 2.24) is 0 Å². The van der Waals surface area contributed by atoms with Crippen molar-refractivity contribution in [1.29, 1.82) is 0 Å². The number of amides is 1. The number of ether oxygens (including phenoxy) is 3. The summed E-state index contributed by atoms with van der Waals surface area (Å²) < 4.78 is 15.9. The number of benzene rings is 3. The zero-order chi connectivity index (χ0) is 20.2. The minimum Gasteiger partial charge on any atom is -0.495 e. The van der Waals surface area contributed by atoms with E-state index in [4.69, 9.17) is 25.8 Å². The molecule has 0 saturated carbocycles. The van der Waals surface area contributed by atoms with E-state index < -0.39 is 6.04 Å². The Bertz CT molecular complexity index is 1030. The number of nitrogens with one attached hydrogen (secondary N) is 2. The van der Waals surface area contributed by atoms with Gasteiger partial charge >= 0.3 is 0 Å². The molecule has 1 aliphatic heterocycles. The molecule has 0 fully saturated rings. The fourth-order valence-corrected chi connectivity index (χ4v) is 3.31. The summed E-state index contributed by atoms with van der Waals surface area (Å²) in [6.45, 7) is 0.194. The summed E-state index contributed by atoms with van der Waals surface area (Å²) in [7, 11) is 1.54. The third-order valence-corrected chi connectivity index (χ3v) is 4.79. The SMILES string of the molecule is COc1ccc(NC(=O)[C@@H](Nc2ccc3c(c2)OCO3)c2ccccc2)cc1Cl. The monoisotopic (exact) mass is 410 g/mol. The van der Waals surface area contributed by atoms with Crippen LogP contribution in [0.15, 0.2) is 66.7 Å². The van der Waals surface area contributed by atoms with Gasteiger partial charge in [0.25, 0.3) is 5.91 Å². The van der Waals surface area contributed by atoms with Crippen LogP contribution in [0.25, 0.3) is 0 Å². The first-order valence-electron chi connectivity index (χ1n) is 8.99. The van der Waals surface area contributed by atoms with Crippen LogP contribution in [0.4, 0.5) is 11.4 Å². The Balaban J connectivity index is 1.58. The van der Waals surface area contributed by atoms with Crippen molar-refractivity contribution in [3.63, 3.8) is 0 Å². The second-order valence-corrected chi connectivity index (χ2v) is 6.80. The van der Waals surface area contributed by atoms with Crippen LogP contribution in [0.5, 0.6) is 17.2 Å². The first kappa shape index (κ1) is 19.0. The molecule has 148 valence electrons. The van der Waals surface area contributed by atoms with Crippen LogP contribution in [0.2, 0.25) is 5.02 Å². The first-order chi connectivity index (χ1) is 14.1. The zero-order valence-electron chi connectivity index (χ0n) is 15.6. The van der Waals surface area contributed by atoms with E-state index in [1.165, 1.54) is 0 Å². The van der Waals surface area contributed by atoms with E-state index in [9.17, 15) is 4.79 Å². The Morgan fingerprint density at radius 2 is 1.76 bits per heavy atom. The van der Waals surface area contributed by atoms with E-state index >= 15 is 0 Å². The molecular weight excluding hydrogens is 392 g/mol. The molecule has 1 aliphatic rings. The number of carbonyl (C=O) groups excluding carboxylic acids is 1.